The number of hydrogen-bond acceptors (Lipinski definition) is 2. The van der Waals surface area contributed by atoms with Crippen LogP contribution < -0.4 is 5.32 Å². The van der Waals surface area contributed by atoms with Crippen LogP contribution in [0, 0.1) is 11.8 Å². The first-order valence-corrected chi connectivity index (χ1v) is 6.95. The molecule has 0 aromatic heterocycles. The molecule has 0 saturated heterocycles. The number of carbonyl (C=O) groups excluding carboxylic acids is 1. The van der Waals surface area contributed by atoms with Crippen molar-refractivity contribution in [2.24, 2.45) is 11.8 Å². The Hall–Kier alpha value is -1.06. The molecular formula is C14H27NO3. The summed E-state index contributed by atoms with van der Waals surface area (Å²) in [6.07, 6.45) is 4.32. The third kappa shape index (κ3) is 9.02. The second-order valence-electron chi connectivity index (χ2n) is 5.18. The minimum Gasteiger partial charge on any atom is -0.481 e. The average molecular weight is 257 g/mol. The van der Waals surface area contributed by atoms with Gasteiger partial charge < -0.3 is 10.4 Å². The monoisotopic (exact) mass is 257 g/mol. The minimum absolute atomic E-state index is 0.109. The quantitative estimate of drug-likeness (QED) is 0.632. The fourth-order valence-corrected chi connectivity index (χ4v) is 1.94. The predicted molar refractivity (Wildman–Crippen MR) is 72.3 cm³/mol. The Bertz CT molecular complexity index is 251. The molecule has 0 aromatic carbocycles. The summed E-state index contributed by atoms with van der Waals surface area (Å²) < 4.78 is 0. The maximum atomic E-state index is 11.4. The van der Waals surface area contributed by atoms with Crippen LogP contribution in [0.4, 0.5) is 0 Å². The smallest absolute Gasteiger partial charge is 0.303 e. The van der Waals surface area contributed by atoms with Crippen molar-refractivity contribution in [3.05, 3.63) is 0 Å². The highest BCUT2D eigenvalue weighted by Gasteiger charge is 2.15. The molecule has 0 saturated carbocycles. The zero-order valence-electron chi connectivity index (χ0n) is 11.9. The summed E-state index contributed by atoms with van der Waals surface area (Å²) in [5.41, 5.74) is 0. The van der Waals surface area contributed by atoms with Gasteiger partial charge in [0, 0.05) is 19.4 Å². The molecule has 0 aliphatic heterocycles. The van der Waals surface area contributed by atoms with E-state index in [1.165, 1.54) is 0 Å². The number of hydrogen-bond donors (Lipinski definition) is 2. The second-order valence-corrected chi connectivity index (χ2v) is 5.18. The van der Waals surface area contributed by atoms with E-state index in [2.05, 4.69) is 26.1 Å². The number of carbonyl (C=O) groups is 2. The molecule has 0 aromatic rings. The Morgan fingerprint density at radius 1 is 1.17 bits per heavy atom. The molecule has 0 heterocycles. The van der Waals surface area contributed by atoms with Gasteiger partial charge >= 0.3 is 5.97 Å². The molecule has 0 aliphatic rings. The number of amides is 1. The van der Waals surface area contributed by atoms with Crippen molar-refractivity contribution in [2.45, 2.75) is 59.3 Å². The van der Waals surface area contributed by atoms with Crippen molar-refractivity contribution in [3.8, 4) is 0 Å². The van der Waals surface area contributed by atoms with Crippen LogP contribution in [-0.4, -0.2) is 23.5 Å². The molecule has 0 rings (SSSR count). The summed E-state index contributed by atoms with van der Waals surface area (Å²) in [6, 6.07) is 0. The molecule has 0 fully saturated rings. The topological polar surface area (TPSA) is 66.4 Å². The van der Waals surface area contributed by atoms with Crippen molar-refractivity contribution in [1.29, 1.82) is 0 Å². The summed E-state index contributed by atoms with van der Waals surface area (Å²) in [6.45, 7) is 6.93. The van der Waals surface area contributed by atoms with Gasteiger partial charge in [0.1, 0.15) is 0 Å². The summed E-state index contributed by atoms with van der Waals surface area (Å²) in [5.74, 6) is 0.190. The first-order valence-electron chi connectivity index (χ1n) is 6.95. The number of carboxylic acid groups (broad SMARTS) is 1. The molecule has 2 N–H and O–H groups in total. The molecule has 0 bridgehead atoms. The summed E-state index contributed by atoms with van der Waals surface area (Å²) in [4.78, 5) is 22.0. The van der Waals surface area contributed by atoms with E-state index in [1.807, 2.05) is 0 Å². The maximum Gasteiger partial charge on any atom is 0.303 e. The average Bonchev–Trinajstić information content (AvgIpc) is 2.30. The number of unbranched alkanes of at least 4 members (excludes halogenated alkanes) is 1. The van der Waals surface area contributed by atoms with Gasteiger partial charge in [-0.1, -0.05) is 27.2 Å². The highest BCUT2D eigenvalue weighted by Crippen LogP contribution is 2.20. The van der Waals surface area contributed by atoms with Crippen molar-refractivity contribution in [1.82, 2.24) is 5.32 Å². The molecule has 1 amide bonds. The van der Waals surface area contributed by atoms with E-state index < -0.39 is 5.97 Å². The van der Waals surface area contributed by atoms with E-state index in [0.717, 1.165) is 19.3 Å². The fourth-order valence-electron chi connectivity index (χ4n) is 1.94. The largest absolute Gasteiger partial charge is 0.481 e. The first kappa shape index (κ1) is 16.9. The third-order valence-corrected chi connectivity index (χ3v) is 3.27. The van der Waals surface area contributed by atoms with Gasteiger partial charge in [0.05, 0.1) is 0 Å². The minimum atomic E-state index is -0.743. The molecule has 18 heavy (non-hydrogen) atoms. The van der Waals surface area contributed by atoms with E-state index in [9.17, 15) is 9.59 Å². The van der Waals surface area contributed by atoms with Crippen LogP contribution in [0.1, 0.15) is 59.3 Å². The lowest BCUT2D eigenvalue weighted by atomic mass is 9.88. The van der Waals surface area contributed by atoms with Gasteiger partial charge in [-0.25, -0.2) is 0 Å². The van der Waals surface area contributed by atoms with Crippen LogP contribution in [0.2, 0.25) is 0 Å². The zero-order valence-corrected chi connectivity index (χ0v) is 11.9. The van der Waals surface area contributed by atoms with Gasteiger partial charge in [0.25, 0.3) is 0 Å². The van der Waals surface area contributed by atoms with Gasteiger partial charge in [-0.2, -0.15) is 0 Å². The summed E-state index contributed by atoms with van der Waals surface area (Å²) >= 11 is 0. The molecule has 0 radical (unpaired) electrons. The Morgan fingerprint density at radius 3 is 2.33 bits per heavy atom. The first-order chi connectivity index (χ1) is 8.47. The Labute approximate surface area is 110 Å². The lowest BCUT2D eigenvalue weighted by molar-refractivity contribution is -0.137. The van der Waals surface area contributed by atoms with Crippen molar-refractivity contribution in [2.75, 3.05) is 6.54 Å². The Balaban J connectivity index is 3.82. The van der Waals surface area contributed by atoms with Crippen molar-refractivity contribution < 1.29 is 14.7 Å². The molecule has 106 valence electrons. The van der Waals surface area contributed by atoms with Crippen molar-refractivity contribution in [3.63, 3.8) is 0 Å². The lowest BCUT2D eigenvalue weighted by Crippen LogP contribution is -2.26. The SMILES string of the molecule is CCCCC(=O)NCCC(CCC(=O)O)C(C)C. The zero-order chi connectivity index (χ0) is 14.0. The van der Waals surface area contributed by atoms with E-state index in [4.69, 9.17) is 5.11 Å². The van der Waals surface area contributed by atoms with Crippen LogP contribution in [0.25, 0.3) is 0 Å². The third-order valence-electron chi connectivity index (χ3n) is 3.27. The van der Waals surface area contributed by atoms with E-state index >= 15 is 0 Å². The standard InChI is InChI=1S/C14H27NO3/c1-4-5-6-13(16)15-10-9-12(11(2)3)7-8-14(17)18/h11-12H,4-10H2,1-3H3,(H,15,16)(H,17,18). The van der Waals surface area contributed by atoms with Crippen molar-refractivity contribution >= 4 is 11.9 Å². The van der Waals surface area contributed by atoms with Gasteiger partial charge in [0.2, 0.25) is 5.91 Å². The number of aliphatic carboxylic acids is 1. The van der Waals surface area contributed by atoms with Gasteiger partial charge in [-0.3, -0.25) is 9.59 Å². The Morgan fingerprint density at radius 2 is 1.83 bits per heavy atom. The van der Waals surface area contributed by atoms with Crippen LogP contribution in [0.15, 0.2) is 0 Å². The highest BCUT2D eigenvalue weighted by atomic mass is 16.4. The lowest BCUT2D eigenvalue weighted by Gasteiger charge is -2.20. The number of rotatable bonds is 10. The van der Waals surface area contributed by atoms with Crippen LogP contribution in [-0.2, 0) is 9.59 Å². The summed E-state index contributed by atoms with van der Waals surface area (Å²) in [7, 11) is 0. The maximum absolute atomic E-state index is 11.4. The molecule has 1 unspecified atom stereocenters. The highest BCUT2D eigenvalue weighted by molar-refractivity contribution is 5.75. The van der Waals surface area contributed by atoms with Crippen LogP contribution in [0.3, 0.4) is 0 Å². The van der Waals surface area contributed by atoms with Crippen LogP contribution in [0.5, 0.6) is 0 Å². The Kier molecular flexibility index (Phi) is 9.33. The van der Waals surface area contributed by atoms with Gasteiger partial charge in [0.15, 0.2) is 0 Å². The predicted octanol–water partition coefficient (Wildman–Crippen LogP) is 2.82. The summed E-state index contributed by atoms with van der Waals surface area (Å²) in [5, 5.41) is 11.6. The van der Waals surface area contributed by atoms with E-state index in [-0.39, 0.29) is 12.3 Å². The van der Waals surface area contributed by atoms with Gasteiger partial charge in [-0.15, -0.1) is 0 Å². The fraction of sp³-hybridized carbons (Fsp3) is 0.857. The molecule has 1 atom stereocenters. The normalized spacial score (nSPS) is 12.4. The van der Waals surface area contributed by atoms with E-state index in [1.54, 1.807) is 0 Å². The molecular weight excluding hydrogens is 230 g/mol. The second kappa shape index (κ2) is 9.92. The molecule has 4 heteroatoms. The number of nitrogens with one attached hydrogen (secondary N) is 1. The molecule has 0 aliphatic carbocycles. The molecule has 0 spiro atoms. The van der Waals surface area contributed by atoms with Crippen LogP contribution >= 0.6 is 0 Å². The number of carboxylic acids is 1. The van der Waals surface area contributed by atoms with E-state index in [0.29, 0.717) is 31.2 Å². The van der Waals surface area contributed by atoms with Gasteiger partial charge in [-0.05, 0) is 31.1 Å². The molecule has 4 nitrogen and oxygen atoms in total.